The highest BCUT2D eigenvalue weighted by Gasteiger charge is 2.12. The molecule has 0 aliphatic rings. The van der Waals surface area contributed by atoms with E-state index in [1.807, 2.05) is 24.3 Å². The Morgan fingerprint density at radius 3 is 2.48 bits per heavy atom. The Kier molecular flexibility index (Phi) is 4.94. The van der Waals surface area contributed by atoms with E-state index in [4.69, 9.17) is 0 Å². The average molecular weight is 302 g/mol. The van der Waals surface area contributed by atoms with Crippen LogP contribution in [0, 0.1) is 10.1 Å². The molecule has 2 aromatic carbocycles. The van der Waals surface area contributed by atoms with E-state index in [-0.39, 0.29) is 16.5 Å². The Balaban J connectivity index is 2.03. The van der Waals surface area contributed by atoms with Crippen LogP contribution in [0.15, 0.2) is 53.4 Å². The first-order valence-electron chi connectivity index (χ1n) is 6.29. The monoisotopic (exact) mass is 302 g/mol. The van der Waals surface area contributed by atoms with Crippen molar-refractivity contribution < 1.29 is 9.72 Å². The standard InChI is InChI=1S/C15H14N2O3S/c1-11(18)16-13-6-8-14(9-7-13)21-10-12-4-2-3-5-15(12)17(19)20/h2-9H,10H2,1H3,(H,16,18). The zero-order valence-corrected chi connectivity index (χ0v) is 12.2. The summed E-state index contributed by atoms with van der Waals surface area (Å²) in [4.78, 5) is 22.5. The Hall–Kier alpha value is -2.34. The van der Waals surface area contributed by atoms with Gasteiger partial charge in [-0.25, -0.2) is 0 Å². The number of nitro groups is 1. The van der Waals surface area contributed by atoms with Crippen LogP contribution >= 0.6 is 11.8 Å². The van der Waals surface area contributed by atoms with Gasteiger partial charge < -0.3 is 5.32 Å². The first-order chi connectivity index (χ1) is 10.1. The van der Waals surface area contributed by atoms with Crippen LogP contribution in [0.2, 0.25) is 0 Å². The number of thioether (sulfide) groups is 1. The molecule has 0 aliphatic carbocycles. The second-order valence-corrected chi connectivity index (χ2v) is 5.43. The summed E-state index contributed by atoms with van der Waals surface area (Å²) in [6.45, 7) is 1.46. The number of para-hydroxylation sites is 1. The van der Waals surface area contributed by atoms with Crippen LogP contribution in [0.4, 0.5) is 11.4 Å². The predicted molar refractivity (Wildman–Crippen MR) is 83.4 cm³/mol. The fraction of sp³-hybridized carbons (Fsp3) is 0.133. The average Bonchev–Trinajstić information content (AvgIpc) is 2.46. The van der Waals surface area contributed by atoms with E-state index in [2.05, 4.69) is 5.32 Å². The molecule has 5 nitrogen and oxygen atoms in total. The molecule has 0 fully saturated rings. The number of nitrogens with one attached hydrogen (secondary N) is 1. The summed E-state index contributed by atoms with van der Waals surface area (Å²) in [5, 5.41) is 13.6. The minimum atomic E-state index is -0.365. The molecular formula is C15H14N2O3S. The Morgan fingerprint density at radius 2 is 1.86 bits per heavy atom. The molecule has 0 radical (unpaired) electrons. The first-order valence-corrected chi connectivity index (χ1v) is 7.27. The van der Waals surface area contributed by atoms with E-state index in [9.17, 15) is 14.9 Å². The van der Waals surface area contributed by atoms with Crippen molar-refractivity contribution in [1.82, 2.24) is 0 Å². The summed E-state index contributed by atoms with van der Waals surface area (Å²) in [6.07, 6.45) is 0. The van der Waals surface area contributed by atoms with Crippen molar-refractivity contribution in [2.75, 3.05) is 5.32 Å². The van der Waals surface area contributed by atoms with Gasteiger partial charge >= 0.3 is 0 Å². The fourth-order valence-electron chi connectivity index (χ4n) is 1.81. The summed E-state index contributed by atoms with van der Waals surface area (Å²) < 4.78 is 0. The van der Waals surface area contributed by atoms with Crippen LogP contribution in [0.5, 0.6) is 0 Å². The molecule has 0 bridgehead atoms. The minimum absolute atomic E-state index is 0.115. The fourth-order valence-corrected chi connectivity index (χ4v) is 2.70. The lowest BCUT2D eigenvalue weighted by atomic mass is 10.2. The topological polar surface area (TPSA) is 72.2 Å². The number of hydrogen-bond acceptors (Lipinski definition) is 4. The van der Waals surface area contributed by atoms with Crippen molar-refractivity contribution in [3.05, 3.63) is 64.2 Å². The van der Waals surface area contributed by atoms with Gasteiger partial charge in [-0.1, -0.05) is 18.2 Å². The van der Waals surface area contributed by atoms with Crippen LogP contribution in [0.1, 0.15) is 12.5 Å². The smallest absolute Gasteiger partial charge is 0.273 e. The molecule has 0 saturated carbocycles. The maximum atomic E-state index is 10.9. The minimum Gasteiger partial charge on any atom is -0.326 e. The molecule has 0 saturated heterocycles. The van der Waals surface area contributed by atoms with Gasteiger partial charge in [0.25, 0.3) is 5.69 Å². The zero-order valence-electron chi connectivity index (χ0n) is 11.4. The van der Waals surface area contributed by atoms with Crippen molar-refractivity contribution >= 4 is 29.0 Å². The molecule has 0 aliphatic heterocycles. The van der Waals surface area contributed by atoms with Gasteiger partial charge in [0.2, 0.25) is 5.91 Å². The van der Waals surface area contributed by atoms with Gasteiger partial charge in [0.05, 0.1) is 4.92 Å². The lowest BCUT2D eigenvalue weighted by Gasteiger charge is -2.05. The number of nitrogens with zero attached hydrogens (tertiary/aromatic N) is 1. The molecule has 108 valence electrons. The third-order valence-electron chi connectivity index (χ3n) is 2.76. The van der Waals surface area contributed by atoms with Gasteiger partial charge in [-0.05, 0) is 24.3 Å². The van der Waals surface area contributed by atoms with Crippen molar-refractivity contribution in [2.24, 2.45) is 0 Å². The number of anilines is 1. The van der Waals surface area contributed by atoms with Crippen molar-refractivity contribution in [3.8, 4) is 0 Å². The zero-order chi connectivity index (χ0) is 15.2. The third-order valence-corrected chi connectivity index (χ3v) is 3.82. The second kappa shape index (κ2) is 6.90. The highest BCUT2D eigenvalue weighted by atomic mass is 32.2. The molecule has 1 amide bonds. The quantitative estimate of drug-likeness (QED) is 0.517. The van der Waals surface area contributed by atoms with Gasteiger partial charge in [-0.2, -0.15) is 0 Å². The van der Waals surface area contributed by atoms with Crippen LogP contribution in [0.3, 0.4) is 0 Å². The van der Waals surface area contributed by atoms with E-state index in [1.165, 1.54) is 24.8 Å². The highest BCUT2D eigenvalue weighted by Crippen LogP contribution is 2.28. The molecule has 0 heterocycles. The third kappa shape index (κ3) is 4.32. The van der Waals surface area contributed by atoms with E-state index in [0.717, 1.165) is 10.6 Å². The van der Waals surface area contributed by atoms with E-state index < -0.39 is 0 Å². The highest BCUT2D eigenvalue weighted by molar-refractivity contribution is 7.98. The number of rotatable bonds is 5. The lowest BCUT2D eigenvalue weighted by Crippen LogP contribution is -2.05. The number of nitro benzene ring substituents is 1. The first kappa shape index (κ1) is 15.1. The molecule has 2 aromatic rings. The Bertz CT molecular complexity index is 656. The molecule has 0 atom stereocenters. The summed E-state index contributed by atoms with van der Waals surface area (Å²) >= 11 is 1.52. The van der Waals surface area contributed by atoms with E-state index >= 15 is 0 Å². The van der Waals surface area contributed by atoms with Gasteiger partial charge in [0, 0.05) is 34.9 Å². The van der Waals surface area contributed by atoms with Crippen LogP contribution in [-0.4, -0.2) is 10.8 Å². The Labute approximate surface area is 126 Å². The predicted octanol–water partition coefficient (Wildman–Crippen LogP) is 3.85. The number of carbonyl (C=O) groups excluding carboxylic acids is 1. The van der Waals surface area contributed by atoms with Crippen LogP contribution < -0.4 is 5.32 Å². The summed E-state index contributed by atoms with van der Waals surface area (Å²) in [6, 6.07) is 14.1. The molecule has 0 unspecified atom stereocenters. The molecule has 6 heteroatoms. The SMILES string of the molecule is CC(=O)Nc1ccc(SCc2ccccc2[N+](=O)[O-])cc1. The summed E-state index contributed by atoms with van der Waals surface area (Å²) in [5.74, 6) is 0.409. The molecular weight excluding hydrogens is 288 g/mol. The maximum Gasteiger partial charge on any atom is 0.273 e. The maximum absolute atomic E-state index is 10.9. The van der Waals surface area contributed by atoms with Crippen molar-refractivity contribution in [3.63, 3.8) is 0 Å². The number of amides is 1. The number of carbonyl (C=O) groups is 1. The lowest BCUT2D eigenvalue weighted by molar-refractivity contribution is -0.385. The van der Waals surface area contributed by atoms with E-state index in [1.54, 1.807) is 18.2 Å². The normalized spacial score (nSPS) is 10.1. The molecule has 21 heavy (non-hydrogen) atoms. The van der Waals surface area contributed by atoms with Crippen LogP contribution in [-0.2, 0) is 10.5 Å². The molecule has 0 aromatic heterocycles. The van der Waals surface area contributed by atoms with Gasteiger partial charge in [-0.15, -0.1) is 11.8 Å². The molecule has 1 N–H and O–H groups in total. The summed E-state index contributed by atoms with van der Waals surface area (Å²) in [5.41, 5.74) is 1.57. The van der Waals surface area contributed by atoms with E-state index in [0.29, 0.717) is 11.3 Å². The number of benzene rings is 2. The molecule has 0 spiro atoms. The largest absolute Gasteiger partial charge is 0.326 e. The summed E-state index contributed by atoms with van der Waals surface area (Å²) in [7, 11) is 0. The van der Waals surface area contributed by atoms with Crippen molar-refractivity contribution in [2.45, 2.75) is 17.6 Å². The van der Waals surface area contributed by atoms with Gasteiger partial charge in [-0.3, -0.25) is 14.9 Å². The second-order valence-electron chi connectivity index (χ2n) is 4.38. The van der Waals surface area contributed by atoms with Gasteiger partial charge in [0.15, 0.2) is 0 Å². The Morgan fingerprint density at radius 1 is 1.19 bits per heavy atom. The van der Waals surface area contributed by atoms with Crippen LogP contribution in [0.25, 0.3) is 0 Å². The molecule has 2 rings (SSSR count). The number of hydrogen-bond donors (Lipinski definition) is 1. The van der Waals surface area contributed by atoms with Gasteiger partial charge in [0.1, 0.15) is 0 Å². The van der Waals surface area contributed by atoms with Crippen molar-refractivity contribution in [1.29, 1.82) is 0 Å².